The molecule has 0 aromatic heterocycles. The predicted molar refractivity (Wildman–Crippen MR) is 134 cm³/mol. The van der Waals surface area contributed by atoms with Gasteiger partial charge in [-0.1, -0.05) is 30.9 Å². The number of aliphatic hydroxyl groups is 1. The molecule has 2 heterocycles. The van der Waals surface area contributed by atoms with Crippen molar-refractivity contribution in [3.05, 3.63) is 54.8 Å². The van der Waals surface area contributed by atoms with E-state index in [1.54, 1.807) is 25.1 Å². The number of hydrazone groups is 1. The normalized spacial score (nSPS) is 28.9. The number of halogens is 1. The van der Waals surface area contributed by atoms with Crippen molar-refractivity contribution in [1.82, 2.24) is 10.1 Å². The molecule has 1 fully saturated rings. The van der Waals surface area contributed by atoms with E-state index < -0.39 is 50.5 Å². The second kappa shape index (κ2) is 12.0. The first kappa shape index (κ1) is 28.5. The molecule has 37 heavy (non-hydrogen) atoms. The predicted octanol–water partition coefficient (Wildman–Crippen LogP) is 2.23. The smallest absolute Gasteiger partial charge is 0.459 e. The number of ether oxygens (including phenoxy) is 2. The molecule has 0 amide bonds. The number of carbonyl (C=O) groups is 1. The van der Waals surface area contributed by atoms with Crippen molar-refractivity contribution in [2.75, 3.05) is 13.2 Å². The van der Waals surface area contributed by atoms with Crippen LogP contribution in [0.1, 0.15) is 20.8 Å². The number of allylic oxidation sites excluding steroid dienone is 2. The van der Waals surface area contributed by atoms with Crippen molar-refractivity contribution in [2.45, 2.75) is 50.9 Å². The van der Waals surface area contributed by atoms with Crippen molar-refractivity contribution in [1.29, 1.82) is 0 Å². The molecule has 1 unspecified atom stereocenters. The fraction of sp³-hybridized carbons (Fsp3) is 0.435. The quantitative estimate of drug-likeness (QED) is 0.281. The molecule has 0 bridgehead atoms. The van der Waals surface area contributed by atoms with E-state index in [1.165, 1.54) is 38.1 Å². The molecule has 0 saturated carbocycles. The number of alkyl halides is 1. The fourth-order valence-corrected chi connectivity index (χ4v) is 5.18. The van der Waals surface area contributed by atoms with Crippen LogP contribution < -0.4 is 15.3 Å². The minimum atomic E-state index is -4.25. The molecule has 1 saturated heterocycles. The van der Waals surface area contributed by atoms with Crippen LogP contribution in [0.25, 0.3) is 0 Å². The molecule has 0 aliphatic carbocycles. The third kappa shape index (κ3) is 6.43. The maximum Gasteiger partial charge on any atom is 0.459 e. The van der Waals surface area contributed by atoms with Crippen LogP contribution in [-0.2, 0) is 23.4 Å². The molecule has 1 aromatic rings. The van der Waals surface area contributed by atoms with E-state index >= 15 is 4.39 Å². The van der Waals surface area contributed by atoms with Gasteiger partial charge >= 0.3 is 13.7 Å². The van der Waals surface area contributed by atoms with Gasteiger partial charge in [-0.15, -0.1) is 0 Å². The summed E-state index contributed by atoms with van der Waals surface area (Å²) in [6, 6.07) is 7.04. The van der Waals surface area contributed by atoms with Gasteiger partial charge in [0.1, 0.15) is 36.0 Å². The van der Waals surface area contributed by atoms with Crippen LogP contribution in [0, 0.1) is 0 Å². The Hall–Kier alpha value is -3.09. The maximum absolute atomic E-state index is 15.5. The second-order valence-corrected chi connectivity index (χ2v) is 9.94. The lowest BCUT2D eigenvalue weighted by atomic mass is 10.0. The lowest BCUT2D eigenvalue weighted by Gasteiger charge is -2.38. The highest BCUT2D eigenvalue weighted by atomic mass is 31.2. The first-order valence-corrected chi connectivity index (χ1v) is 13.0. The number of nitrogens with one attached hydrogen (secondary N) is 1. The number of aliphatic imine (C=N–C) groups is 1. The third-order valence-electron chi connectivity index (χ3n) is 5.50. The number of aliphatic hydroxyl groups excluding tert-OH is 1. The van der Waals surface area contributed by atoms with Gasteiger partial charge in [0.15, 0.2) is 17.7 Å². The SMILES string of the molecule is C=C/C=C1/C(N)=NC=NN1[C@]1(C)O[C@H](COP(=O)(N[C@H](C)C(=O)OCC)Oc2ccccc2)[C@@H](O)[C@H]1F. The third-order valence-corrected chi connectivity index (χ3v) is 7.15. The fourth-order valence-electron chi connectivity index (χ4n) is 3.68. The van der Waals surface area contributed by atoms with E-state index in [0.29, 0.717) is 0 Å². The van der Waals surface area contributed by atoms with Crippen molar-refractivity contribution in [3.63, 3.8) is 0 Å². The zero-order valence-corrected chi connectivity index (χ0v) is 21.6. The molecule has 6 atom stereocenters. The summed E-state index contributed by atoms with van der Waals surface area (Å²) in [5, 5.41) is 18.4. The molecule has 12 nitrogen and oxygen atoms in total. The molecule has 2 aliphatic heterocycles. The summed E-state index contributed by atoms with van der Waals surface area (Å²) in [4.78, 5) is 16.0. The Balaban J connectivity index is 1.80. The number of benzene rings is 1. The summed E-state index contributed by atoms with van der Waals surface area (Å²) < 4.78 is 50.9. The zero-order chi connectivity index (χ0) is 27.2. The van der Waals surface area contributed by atoms with E-state index in [0.717, 1.165) is 11.3 Å². The number of para-hydroxylation sites is 1. The number of carbonyl (C=O) groups excluding carboxylic acids is 1. The van der Waals surface area contributed by atoms with Gasteiger partial charge in [0.05, 0.1) is 13.2 Å². The molecule has 2 aliphatic rings. The van der Waals surface area contributed by atoms with Crippen LogP contribution in [0.15, 0.2) is 64.9 Å². The van der Waals surface area contributed by atoms with Crippen LogP contribution in [0.3, 0.4) is 0 Å². The Morgan fingerprint density at radius 3 is 2.81 bits per heavy atom. The largest absolute Gasteiger partial charge is 0.465 e. The standard InChI is InChI=1S/C23H31FN5O7P/c1-5-10-17-21(25)26-14-27-29(17)23(4)20(24)19(30)18(35-23)13-34-37(32,28-15(3)22(31)33-6-2)36-16-11-8-7-9-12-16/h5,7-12,14-15,18-20,30H,1,6,13H2,2-4H3,(H,28,32)(H2,25,26,27)/b17-10-/t15-,18-,19-,20-,23-,37?/m1/s1. The molecule has 14 heteroatoms. The number of nitrogens with two attached hydrogens (primary N) is 1. The van der Waals surface area contributed by atoms with Crippen LogP contribution >= 0.6 is 7.75 Å². The molecular weight excluding hydrogens is 508 g/mol. The Morgan fingerprint density at radius 1 is 1.46 bits per heavy atom. The highest BCUT2D eigenvalue weighted by Crippen LogP contribution is 2.47. The molecule has 1 aromatic carbocycles. The molecular formula is C23H31FN5O7P. The van der Waals surface area contributed by atoms with Gasteiger partial charge in [-0.3, -0.25) is 9.32 Å². The highest BCUT2D eigenvalue weighted by Gasteiger charge is 2.58. The summed E-state index contributed by atoms with van der Waals surface area (Å²) in [6.45, 7) is 7.58. The van der Waals surface area contributed by atoms with Crippen molar-refractivity contribution >= 4 is 25.9 Å². The summed E-state index contributed by atoms with van der Waals surface area (Å²) in [5.74, 6) is -0.452. The minimum Gasteiger partial charge on any atom is -0.465 e. The van der Waals surface area contributed by atoms with Gasteiger partial charge in [0, 0.05) is 0 Å². The lowest BCUT2D eigenvalue weighted by Crippen LogP contribution is -2.52. The number of hydrogen-bond donors (Lipinski definition) is 3. The lowest BCUT2D eigenvalue weighted by molar-refractivity contribution is -0.147. The number of esters is 1. The zero-order valence-electron chi connectivity index (χ0n) is 20.7. The van der Waals surface area contributed by atoms with Crippen LogP contribution in [0.4, 0.5) is 4.39 Å². The molecule has 0 radical (unpaired) electrons. The summed E-state index contributed by atoms with van der Waals surface area (Å²) in [5.41, 5.74) is 4.30. The van der Waals surface area contributed by atoms with E-state index in [9.17, 15) is 14.5 Å². The van der Waals surface area contributed by atoms with Crippen LogP contribution in [0.2, 0.25) is 0 Å². The van der Waals surface area contributed by atoms with Crippen molar-refractivity contribution in [3.8, 4) is 5.75 Å². The maximum atomic E-state index is 15.5. The molecule has 0 spiro atoms. The Morgan fingerprint density at radius 2 is 2.16 bits per heavy atom. The van der Waals surface area contributed by atoms with E-state index in [2.05, 4.69) is 21.8 Å². The number of rotatable bonds is 11. The Bertz CT molecular complexity index is 1120. The Labute approximate surface area is 214 Å². The monoisotopic (exact) mass is 539 g/mol. The number of amidine groups is 1. The van der Waals surface area contributed by atoms with Gasteiger partial charge in [0.25, 0.3) is 0 Å². The molecule has 202 valence electrons. The Kier molecular flexibility index (Phi) is 9.21. The summed E-state index contributed by atoms with van der Waals surface area (Å²) >= 11 is 0. The van der Waals surface area contributed by atoms with Crippen molar-refractivity contribution < 1.29 is 37.4 Å². The van der Waals surface area contributed by atoms with Crippen molar-refractivity contribution in [2.24, 2.45) is 15.8 Å². The number of hydrogen-bond acceptors (Lipinski definition) is 11. The van der Waals surface area contributed by atoms with Gasteiger partial charge in [-0.05, 0) is 39.0 Å². The van der Waals surface area contributed by atoms with E-state index in [1.807, 2.05) is 0 Å². The highest BCUT2D eigenvalue weighted by molar-refractivity contribution is 7.52. The average molecular weight is 540 g/mol. The van der Waals surface area contributed by atoms with Gasteiger partial charge in [0.2, 0.25) is 0 Å². The van der Waals surface area contributed by atoms with E-state index in [-0.39, 0.29) is 23.9 Å². The molecule has 4 N–H and O–H groups in total. The van der Waals surface area contributed by atoms with Crippen LogP contribution in [-0.4, -0.2) is 71.6 Å². The van der Waals surface area contributed by atoms with Gasteiger partial charge in [-0.2, -0.15) is 10.2 Å². The first-order valence-electron chi connectivity index (χ1n) is 11.5. The number of nitrogens with zero attached hydrogens (tertiary/aromatic N) is 3. The summed E-state index contributed by atoms with van der Waals surface area (Å²) in [6.07, 6.45) is -0.976. The first-order chi connectivity index (χ1) is 17.5. The minimum absolute atomic E-state index is 0.0408. The van der Waals surface area contributed by atoms with Gasteiger partial charge in [-0.25, -0.2) is 19.0 Å². The molecule has 3 rings (SSSR count). The topological polar surface area (TPSA) is 157 Å². The average Bonchev–Trinajstić information content (AvgIpc) is 3.09. The van der Waals surface area contributed by atoms with Gasteiger partial charge < -0.3 is 24.8 Å². The van der Waals surface area contributed by atoms with E-state index in [4.69, 9.17) is 24.3 Å². The second-order valence-electron chi connectivity index (χ2n) is 8.25. The van der Waals surface area contributed by atoms with Crippen LogP contribution in [0.5, 0.6) is 5.75 Å². The summed E-state index contributed by atoms with van der Waals surface area (Å²) in [7, 11) is -4.25.